The number of benzene rings is 3. The first kappa shape index (κ1) is 23.1. The Kier molecular flexibility index (Phi) is 8.05. The molecule has 0 aliphatic carbocycles. The third-order valence-corrected chi connectivity index (χ3v) is 5.54. The van der Waals surface area contributed by atoms with Crippen molar-refractivity contribution in [3.05, 3.63) is 89.5 Å². The van der Waals surface area contributed by atoms with Gasteiger partial charge in [-0.15, -0.1) is 11.8 Å². The molecule has 3 rings (SSSR count). The van der Waals surface area contributed by atoms with Gasteiger partial charge in [0.2, 0.25) is 5.91 Å². The van der Waals surface area contributed by atoms with E-state index in [-0.39, 0.29) is 11.7 Å². The maximum absolute atomic E-state index is 12.5. The molecule has 0 spiro atoms. The number of esters is 1. The lowest BCUT2D eigenvalue weighted by Crippen LogP contribution is -2.21. The largest absolute Gasteiger partial charge is 0.452 e. The van der Waals surface area contributed by atoms with Crippen molar-refractivity contribution in [2.75, 3.05) is 23.0 Å². The lowest BCUT2D eigenvalue weighted by Gasteiger charge is -2.10. The highest BCUT2D eigenvalue weighted by atomic mass is 32.2. The fraction of sp³-hybridized carbons (Fsp3) is 0.160. The second-order valence-electron chi connectivity index (χ2n) is 7.19. The predicted molar refractivity (Wildman–Crippen MR) is 127 cm³/mol. The zero-order valence-electron chi connectivity index (χ0n) is 17.9. The van der Waals surface area contributed by atoms with Gasteiger partial charge in [0, 0.05) is 16.3 Å². The molecule has 0 aliphatic heterocycles. The summed E-state index contributed by atoms with van der Waals surface area (Å²) >= 11 is 1.23. The Morgan fingerprint density at radius 2 is 1.28 bits per heavy atom. The molecule has 0 unspecified atom stereocenters. The van der Waals surface area contributed by atoms with Crippen LogP contribution >= 0.6 is 11.8 Å². The van der Waals surface area contributed by atoms with Gasteiger partial charge in [-0.25, -0.2) is 4.79 Å². The predicted octanol–water partition coefficient (Wildman–Crippen LogP) is 4.83. The zero-order chi connectivity index (χ0) is 22.9. The summed E-state index contributed by atoms with van der Waals surface area (Å²) in [7, 11) is 0. The maximum atomic E-state index is 12.5. The van der Waals surface area contributed by atoms with E-state index in [1.54, 1.807) is 36.4 Å². The summed E-state index contributed by atoms with van der Waals surface area (Å²) < 4.78 is 5.18. The van der Waals surface area contributed by atoms with Gasteiger partial charge in [-0.3, -0.25) is 9.59 Å². The van der Waals surface area contributed by atoms with Gasteiger partial charge in [0.25, 0.3) is 5.91 Å². The number of ether oxygens (including phenoxy) is 1. The molecular formula is C25H24N2O4S. The molecule has 0 aliphatic rings. The molecule has 0 atom stereocenters. The first-order valence-corrected chi connectivity index (χ1v) is 11.0. The number of amides is 2. The molecule has 0 radical (unpaired) electrons. The smallest absolute Gasteiger partial charge is 0.339 e. The van der Waals surface area contributed by atoms with Crippen molar-refractivity contribution in [2.24, 2.45) is 0 Å². The second-order valence-corrected chi connectivity index (χ2v) is 8.21. The van der Waals surface area contributed by atoms with Gasteiger partial charge in [0.1, 0.15) is 0 Å². The Balaban J connectivity index is 1.52. The summed E-state index contributed by atoms with van der Waals surface area (Å²) in [5.74, 6) is -1.10. The van der Waals surface area contributed by atoms with Crippen LogP contribution in [-0.2, 0) is 14.3 Å². The van der Waals surface area contributed by atoms with E-state index in [0.29, 0.717) is 21.8 Å². The minimum absolute atomic E-state index is 0.131. The van der Waals surface area contributed by atoms with Crippen LogP contribution in [-0.4, -0.2) is 30.1 Å². The van der Waals surface area contributed by atoms with Crippen molar-refractivity contribution in [3.63, 3.8) is 0 Å². The standard InChI is InChI=1S/C25H24N2O4S/c1-17-7-11-19(12-8-17)26-23(28)15-31-25(30)21-5-3-4-6-22(21)32-16-24(29)27-20-13-9-18(2)10-14-20/h3-14H,15-16H2,1-2H3,(H,26,28)(H,27,29). The molecule has 0 saturated carbocycles. The topological polar surface area (TPSA) is 84.5 Å². The Morgan fingerprint density at radius 3 is 1.88 bits per heavy atom. The summed E-state index contributed by atoms with van der Waals surface area (Å²) in [6.45, 7) is 3.53. The van der Waals surface area contributed by atoms with Crippen LogP contribution in [0, 0.1) is 13.8 Å². The van der Waals surface area contributed by atoms with Gasteiger partial charge in [0.05, 0.1) is 11.3 Å². The number of carbonyl (C=O) groups is 3. The molecule has 3 aromatic carbocycles. The number of rotatable bonds is 8. The monoisotopic (exact) mass is 448 g/mol. The number of nitrogens with one attached hydrogen (secondary N) is 2. The zero-order valence-corrected chi connectivity index (χ0v) is 18.7. The first-order chi connectivity index (χ1) is 15.4. The summed E-state index contributed by atoms with van der Waals surface area (Å²) in [4.78, 5) is 37.5. The van der Waals surface area contributed by atoms with Crippen LogP contribution in [0.5, 0.6) is 0 Å². The molecule has 0 saturated heterocycles. The Labute approximate surface area is 191 Å². The fourth-order valence-corrected chi connectivity index (χ4v) is 3.62. The Bertz CT molecular complexity index is 1100. The average Bonchev–Trinajstić information content (AvgIpc) is 2.79. The van der Waals surface area contributed by atoms with Crippen LogP contribution in [0.1, 0.15) is 21.5 Å². The summed E-state index contributed by atoms with van der Waals surface area (Å²) in [5.41, 5.74) is 3.85. The van der Waals surface area contributed by atoms with Crippen LogP contribution < -0.4 is 10.6 Å². The molecule has 0 aromatic heterocycles. The number of carbonyl (C=O) groups excluding carboxylic acids is 3. The van der Waals surface area contributed by atoms with E-state index in [1.807, 2.05) is 50.2 Å². The van der Waals surface area contributed by atoms with Crippen molar-refractivity contribution in [1.29, 1.82) is 0 Å². The average molecular weight is 449 g/mol. The van der Waals surface area contributed by atoms with Gasteiger partial charge < -0.3 is 15.4 Å². The molecule has 2 N–H and O–H groups in total. The van der Waals surface area contributed by atoms with Gasteiger partial charge >= 0.3 is 5.97 Å². The molecule has 32 heavy (non-hydrogen) atoms. The minimum atomic E-state index is -0.619. The summed E-state index contributed by atoms with van der Waals surface area (Å²) in [6, 6.07) is 21.7. The third kappa shape index (κ3) is 6.99. The van der Waals surface area contributed by atoms with Crippen LogP contribution in [0.2, 0.25) is 0 Å². The minimum Gasteiger partial charge on any atom is -0.452 e. The molecule has 3 aromatic rings. The van der Waals surface area contributed by atoms with E-state index in [2.05, 4.69) is 10.6 Å². The normalized spacial score (nSPS) is 10.3. The molecule has 0 bridgehead atoms. The van der Waals surface area contributed by atoms with Crippen molar-refractivity contribution in [2.45, 2.75) is 18.7 Å². The van der Waals surface area contributed by atoms with E-state index in [9.17, 15) is 14.4 Å². The SMILES string of the molecule is Cc1ccc(NC(=O)COC(=O)c2ccccc2SCC(=O)Nc2ccc(C)cc2)cc1. The maximum Gasteiger partial charge on any atom is 0.339 e. The molecule has 0 fully saturated rings. The Hall–Kier alpha value is -3.58. The van der Waals surface area contributed by atoms with Crippen molar-refractivity contribution >= 4 is 40.9 Å². The van der Waals surface area contributed by atoms with Gasteiger partial charge in [-0.05, 0) is 50.2 Å². The summed E-state index contributed by atoms with van der Waals surface area (Å²) in [6.07, 6.45) is 0. The number of anilines is 2. The molecule has 6 nitrogen and oxygen atoms in total. The quantitative estimate of drug-likeness (QED) is 0.381. The van der Waals surface area contributed by atoms with Crippen molar-refractivity contribution in [3.8, 4) is 0 Å². The van der Waals surface area contributed by atoms with E-state index in [0.717, 1.165) is 11.1 Å². The van der Waals surface area contributed by atoms with E-state index >= 15 is 0 Å². The van der Waals surface area contributed by atoms with E-state index in [4.69, 9.17) is 4.74 Å². The van der Waals surface area contributed by atoms with Crippen molar-refractivity contribution in [1.82, 2.24) is 0 Å². The van der Waals surface area contributed by atoms with Crippen LogP contribution in [0.3, 0.4) is 0 Å². The molecular weight excluding hydrogens is 424 g/mol. The number of hydrogen-bond acceptors (Lipinski definition) is 5. The lowest BCUT2D eigenvalue weighted by atomic mass is 10.2. The fourth-order valence-electron chi connectivity index (χ4n) is 2.78. The van der Waals surface area contributed by atoms with E-state index < -0.39 is 18.5 Å². The second kappa shape index (κ2) is 11.2. The van der Waals surface area contributed by atoms with Crippen LogP contribution in [0.25, 0.3) is 0 Å². The molecule has 7 heteroatoms. The molecule has 0 heterocycles. The first-order valence-electron chi connectivity index (χ1n) is 10.0. The highest BCUT2D eigenvalue weighted by Gasteiger charge is 2.16. The number of thioether (sulfide) groups is 1. The van der Waals surface area contributed by atoms with Crippen LogP contribution in [0.15, 0.2) is 77.7 Å². The van der Waals surface area contributed by atoms with Gasteiger partial charge in [-0.1, -0.05) is 47.5 Å². The number of aryl methyl sites for hydroxylation is 2. The van der Waals surface area contributed by atoms with Gasteiger partial charge in [0.15, 0.2) is 6.61 Å². The van der Waals surface area contributed by atoms with Gasteiger partial charge in [-0.2, -0.15) is 0 Å². The highest BCUT2D eigenvalue weighted by molar-refractivity contribution is 8.00. The lowest BCUT2D eigenvalue weighted by molar-refractivity contribution is -0.119. The third-order valence-electron chi connectivity index (χ3n) is 4.47. The highest BCUT2D eigenvalue weighted by Crippen LogP contribution is 2.24. The number of hydrogen-bond donors (Lipinski definition) is 2. The van der Waals surface area contributed by atoms with Crippen LogP contribution in [0.4, 0.5) is 11.4 Å². The van der Waals surface area contributed by atoms with E-state index in [1.165, 1.54) is 11.8 Å². The summed E-state index contributed by atoms with van der Waals surface area (Å²) in [5, 5.41) is 5.51. The Morgan fingerprint density at radius 1 is 0.750 bits per heavy atom. The molecule has 2 amide bonds. The van der Waals surface area contributed by atoms with Crippen molar-refractivity contribution < 1.29 is 19.1 Å². The molecule has 164 valence electrons.